The quantitative estimate of drug-likeness (QED) is 0.554. The van der Waals surface area contributed by atoms with Crippen molar-refractivity contribution in [2.24, 2.45) is 0 Å². The van der Waals surface area contributed by atoms with Crippen molar-refractivity contribution in [1.29, 1.82) is 5.26 Å². The highest BCUT2D eigenvalue weighted by Crippen LogP contribution is 2.36. The highest BCUT2D eigenvalue weighted by molar-refractivity contribution is 5.03. The molecule has 13 heavy (non-hydrogen) atoms. The van der Waals surface area contributed by atoms with Gasteiger partial charge < -0.3 is 4.90 Å². The van der Waals surface area contributed by atoms with Gasteiger partial charge in [-0.25, -0.2) is 0 Å². The van der Waals surface area contributed by atoms with E-state index in [1.807, 2.05) is 0 Å². The number of nitrogens with zero attached hydrogens (tertiary/aromatic N) is 3. The van der Waals surface area contributed by atoms with Gasteiger partial charge in [-0.2, -0.15) is 5.26 Å². The molecule has 0 saturated carbocycles. The van der Waals surface area contributed by atoms with E-state index in [0.29, 0.717) is 12.1 Å². The largest absolute Gasteiger partial charge is 0.304 e. The van der Waals surface area contributed by atoms with E-state index in [1.165, 1.54) is 25.8 Å². The summed E-state index contributed by atoms with van der Waals surface area (Å²) < 4.78 is 0. The van der Waals surface area contributed by atoms with Crippen molar-refractivity contribution >= 4 is 0 Å². The summed E-state index contributed by atoms with van der Waals surface area (Å²) in [6.07, 6.45) is 3.82. The normalized spacial score (nSPS) is 35.7. The summed E-state index contributed by atoms with van der Waals surface area (Å²) in [4.78, 5) is 4.77. The zero-order chi connectivity index (χ0) is 9.31. The smallest absolute Gasteiger partial charge is 0.0870 e. The first-order valence-electron chi connectivity index (χ1n) is 5.07. The van der Waals surface area contributed by atoms with E-state index in [1.54, 1.807) is 0 Å². The van der Waals surface area contributed by atoms with Gasteiger partial charge in [0.25, 0.3) is 0 Å². The lowest BCUT2D eigenvalue weighted by Crippen LogP contribution is -2.45. The third-order valence-corrected chi connectivity index (χ3v) is 3.53. The van der Waals surface area contributed by atoms with Crippen molar-refractivity contribution in [3.63, 3.8) is 0 Å². The molecule has 2 heterocycles. The van der Waals surface area contributed by atoms with Gasteiger partial charge >= 0.3 is 0 Å². The zero-order valence-electron chi connectivity index (χ0n) is 8.29. The van der Waals surface area contributed by atoms with Crippen LogP contribution in [-0.2, 0) is 0 Å². The van der Waals surface area contributed by atoms with Crippen LogP contribution in [0.4, 0.5) is 0 Å². The van der Waals surface area contributed by atoms with Crippen LogP contribution in [0, 0.1) is 11.3 Å². The van der Waals surface area contributed by atoms with Crippen LogP contribution in [0.1, 0.15) is 19.3 Å². The third-order valence-electron chi connectivity index (χ3n) is 3.53. The minimum Gasteiger partial charge on any atom is -0.304 e. The van der Waals surface area contributed by atoms with Gasteiger partial charge in [-0.1, -0.05) is 0 Å². The van der Waals surface area contributed by atoms with Crippen LogP contribution in [0.2, 0.25) is 0 Å². The molecule has 2 rings (SSSR count). The van der Waals surface area contributed by atoms with Gasteiger partial charge in [0.2, 0.25) is 0 Å². The maximum Gasteiger partial charge on any atom is 0.0870 e. The van der Waals surface area contributed by atoms with E-state index < -0.39 is 0 Å². The standard InChI is InChI=1S/C10H17N3/c1-12-7-4-10(9-12)3-2-6-13(10)8-5-11/h2-4,6-9H2,1H3. The number of hydrogen-bond acceptors (Lipinski definition) is 3. The van der Waals surface area contributed by atoms with Crippen molar-refractivity contribution < 1.29 is 0 Å². The van der Waals surface area contributed by atoms with Crippen molar-refractivity contribution in [2.45, 2.75) is 24.8 Å². The fourth-order valence-electron chi connectivity index (χ4n) is 2.85. The van der Waals surface area contributed by atoms with Gasteiger partial charge in [0, 0.05) is 12.1 Å². The fraction of sp³-hybridized carbons (Fsp3) is 0.900. The Morgan fingerprint density at radius 1 is 1.38 bits per heavy atom. The van der Waals surface area contributed by atoms with Gasteiger partial charge in [0.1, 0.15) is 0 Å². The number of rotatable bonds is 1. The maximum absolute atomic E-state index is 8.73. The molecule has 0 amide bonds. The summed E-state index contributed by atoms with van der Waals surface area (Å²) in [7, 11) is 2.18. The van der Waals surface area contributed by atoms with E-state index in [9.17, 15) is 0 Å². The lowest BCUT2D eigenvalue weighted by Gasteiger charge is -2.33. The van der Waals surface area contributed by atoms with Crippen molar-refractivity contribution in [3.8, 4) is 6.07 Å². The molecule has 2 fully saturated rings. The minimum atomic E-state index is 0.366. The van der Waals surface area contributed by atoms with E-state index in [-0.39, 0.29) is 0 Å². The van der Waals surface area contributed by atoms with Gasteiger partial charge in [-0.05, 0) is 39.4 Å². The number of likely N-dealkylation sites (tertiary alicyclic amines) is 2. The molecule has 1 atom stereocenters. The Labute approximate surface area is 79.9 Å². The second-order valence-corrected chi connectivity index (χ2v) is 4.40. The van der Waals surface area contributed by atoms with Crippen LogP contribution >= 0.6 is 0 Å². The molecule has 2 aliphatic rings. The summed E-state index contributed by atoms with van der Waals surface area (Å²) in [6, 6.07) is 2.28. The highest BCUT2D eigenvalue weighted by atomic mass is 15.3. The molecule has 0 aromatic rings. The molecule has 0 bridgehead atoms. The topological polar surface area (TPSA) is 30.3 Å². The summed E-state index contributed by atoms with van der Waals surface area (Å²) in [5, 5.41) is 8.73. The average Bonchev–Trinajstić information content (AvgIpc) is 2.64. The Bertz CT molecular complexity index is 233. The van der Waals surface area contributed by atoms with Crippen LogP contribution in [0.15, 0.2) is 0 Å². The molecular weight excluding hydrogens is 162 g/mol. The molecule has 0 aliphatic carbocycles. The van der Waals surface area contributed by atoms with Crippen LogP contribution in [-0.4, -0.2) is 48.6 Å². The summed E-state index contributed by atoms with van der Waals surface area (Å²) >= 11 is 0. The van der Waals surface area contributed by atoms with Crippen molar-refractivity contribution in [2.75, 3.05) is 33.2 Å². The maximum atomic E-state index is 8.73. The van der Waals surface area contributed by atoms with Crippen LogP contribution in [0.3, 0.4) is 0 Å². The van der Waals surface area contributed by atoms with Crippen LogP contribution < -0.4 is 0 Å². The Kier molecular flexibility index (Phi) is 2.27. The first-order chi connectivity index (χ1) is 6.27. The van der Waals surface area contributed by atoms with Gasteiger partial charge in [-0.15, -0.1) is 0 Å². The first-order valence-corrected chi connectivity index (χ1v) is 5.07. The minimum absolute atomic E-state index is 0.366. The van der Waals surface area contributed by atoms with Crippen molar-refractivity contribution in [1.82, 2.24) is 9.80 Å². The van der Waals surface area contributed by atoms with Crippen LogP contribution in [0.25, 0.3) is 0 Å². The van der Waals surface area contributed by atoms with E-state index in [0.717, 1.165) is 13.1 Å². The van der Waals surface area contributed by atoms with Crippen LogP contribution in [0.5, 0.6) is 0 Å². The number of hydrogen-bond donors (Lipinski definition) is 0. The zero-order valence-corrected chi connectivity index (χ0v) is 8.29. The molecule has 0 aromatic carbocycles. The Hall–Kier alpha value is -0.590. The molecule has 1 unspecified atom stereocenters. The van der Waals surface area contributed by atoms with Gasteiger partial charge in [0.15, 0.2) is 0 Å². The monoisotopic (exact) mass is 179 g/mol. The third kappa shape index (κ3) is 1.45. The van der Waals surface area contributed by atoms with Crippen molar-refractivity contribution in [3.05, 3.63) is 0 Å². The second-order valence-electron chi connectivity index (χ2n) is 4.40. The van der Waals surface area contributed by atoms with E-state index >= 15 is 0 Å². The van der Waals surface area contributed by atoms with E-state index in [4.69, 9.17) is 5.26 Å². The number of likely N-dealkylation sites (N-methyl/N-ethyl adjacent to an activating group) is 1. The molecule has 72 valence electrons. The molecule has 3 nitrogen and oxygen atoms in total. The summed E-state index contributed by atoms with van der Waals surface area (Å²) in [5.41, 5.74) is 0.366. The van der Waals surface area contributed by atoms with Gasteiger partial charge in [0.05, 0.1) is 12.6 Å². The van der Waals surface area contributed by atoms with Gasteiger partial charge in [-0.3, -0.25) is 4.90 Å². The summed E-state index contributed by atoms with van der Waals surface area (Å²) in [6.45, 7) is 4.10. The Morgan fingerprint density at radius 2 is 2.23 bits per heavy atom. The SMILES string of the molecule is CN1CCC2(CCCN2CC#N)C1. The molecule has 1 spiro atoms. The molecule has 2 aliphatic heterocycles. The molecule has 3 heteroatoms. The molecule has 2 saturated heterocycles. The first kappa shape index (κ1) is 8.98. The number of nitriles is 1. The lowest BCUT2D eigenvalue weighted by atomic mass is 9.95. The Balaban J connectivity index is 2.08. The van der Waals surface area contributed by atoms with E-state index in [2.05, 4.69) is 22.9 Å². The summed E-state index contributed by atoms with van der Waals surface area (Å²) in [5.74, 6) is 0. The molecule has 0 radical (unpaired) electrons. The molecular formula is C10H17N3. The fourth-order valence-corrected chi connectivity index (χ4v) is 2.85. The predicted octanol–water partition coefficient (Wildman–Crippen LogP) is 0.680. The lowest BCUT2D eigenvalue weighted by molar-refractivity contribution is 0.163. The average molecular weight is 179 g/mol. The predicted molar refractivity (Wildman–Crippen MR) is 51.3 cm³/mol. The Morgan fingerprint density at radius 3 is 2.85 bits per heavy atom. The highest BCUT2D eigenvalue weighted by Gasteiger charge is 2.44. The molecule has 0 aromatic heterocycles. The molecule has 0 N–H and O–H groups in total. The second kappa shape index (κ2) is 3.28.